The van der Waals surface area contributed by atoms with Gasteiger partial charge in [-0.3, -0.25) is 0 Å². The summed E-state index contributed by atoms with van der Waals surface area (Å²) >= 11 is 3.78. The Morgan fingerprint density at radius 3 is 3.07 bits per heavy atom. The van der Waals surface area contributed by atoms with Crippen molar-refractivity contribution < 1.29 is 0 Å². The minimum absolute atomic E-state index is 0.712. The van der Waals surface area contributed by atoms with Crippen LogP contribution in [0.1, 0.15) is 38.4 Å². The number of aryl methyl sites for hydroxylation is 1. The van der Waals surface area contributed by atoms with E-state index in [-0.39, 0.29) is 0 Å². The third-order valence-corrected chi connectivity index (χ3v) is 4.48. The van der Waals surface area contributed by atoms with Crippen molar-refractivity contribution in [3.05, 3.63) is 18.2 Å². The molecule has 2 unspecified atom stereocenters. The Balaban J connectivity index is 2.00. The van der Waals surface area contributed by atoms with Crippen LogP contribution in [0.3, 0.4) is 0 Å². The summed E-state index contributed by atoms with van der Waals surface area (Å²) in [5.41, 5.74) is 0. The van der Waals surface area contributed by atoms with Gasteiger partial charge in [-0.05, 0) is 25.2 Å². The molecule has 0 saturated heterocycles. The number of imidazole rings is 1. The number of rotatable bonds is 4. The van der Waals surface area contributed by atoms with Gasteiger partial charge in [0.15, 0.2) is 0 Å². The molecule has 1 saturated carbocycles. The molecule has 0 spiro atoms. The molecular weight excluding hydrogens is 252 g/mol. The molecule has 1 fully saturated rings. The van der Waals surface area contributed by atoms with Gasteiger partial charge in [0.05, 0.1) is 0 Å². The van der Waals surface area contributed by atoms with Gasteiger partial charge in [-0.1, -0.05) is 29.3 Å². The van der Waals surface area contributed by atoms with Crippen LogP contribution in [0.4, 0.5) is 0 Å². The zero-order chi connectivity index (χ0) is 10.7. The van der Waals surface area contributed by atoms with E-state index in [4.69, 9.17) is 0 Å². The Morgan fingerprint density at radius 1 is 1.53 bits per heavy atom. The summed E-state index contributed by atoms with van der Waals surface area (Å²) in [5.74, 6) is 2.07. The van der Waals surface area contributed by atoms with Crippen molar-refractivity contribution in [1.29, 1.82) is 0 Å². The molecule has 0 aliphatic heterocycles. The van der Waals surface area contributed by atoms with Crippen LogP contribution < -0.4 is 0 Å². The average Bonchev–Trinajstić information content (AvgIpc) is 2.80. The van der Waals surface area contributed by atoms with Gasteiger partial charge in [0, 0.05) is 30.2 Å². The monoisotopic (exact) mass is 270 g/mol. The van der Waals surface area contributed by atoms with Gasteiger partial charge in [-0.25, -0.2) is 4.98 Å². The fourth-order valence-electron chi connectivity index (χ4n) is 2.43. The van der Waals surface area contributed by atoms with Crippen molar-refractivity contribution in [2.75, 3.05) is 0 Å². The van der Waals surface area contributed by atoms with E-state index in [0.29, 0.717) is 4.83 Å². The predicted octanol–water partition coefficient (Wildman–Crippen LogP) is 3.40. The van der Waals surface area contributed by atoms with Gasteiger partial charge >= 0.3 is 0 Å². The van der Waals surface area contributed by atoms with Gasteiger partial charge < -0.3 is 4.57 Å². The lowest BCUT2D eigenvalue weighted by molar-refractivity contribution is 0.518. The van der Waals surface area contributed by atoms with E-state index in [0.717, 1.165) is 18.9 Å². The lowest BCUT2D eigenvalue weighted by atomic mass is 10.0. The predicted molar refractivity (Wildman–Crippen MR) is 66.3 cm³/mol. The van der Waals surface area contributed by atoms with Crippen LogP contribution in [0.25, 0.3) is 0 Å². The van der Waals surface area contributed by atoms with E-state index in [1.54, 1.807) is 0 Å². The maximum absolute atomic E-state index is 4.47. The number of nitrogens with zero attached hydrogens (tertiary/aromatic N) is 2. The molecule has 0 aromatic carbocycles. The quantitative estimate of drug-likeness (QED) is 0.767. The van der Waals surface area contributed by atoms with E-state index in [1.807, 2.05) is 6.20 Å². The first kappa shape index (κ1) is 11.2. The first-order valence-corrected chi connectivity index (χ1v) is 6.87. The first-order valence-electron chi connectivity index (χ1n) is 5.95. The summed E-state index contributed by atoms with van der Waals surface area (Å²) in [6.07, 6.45) is 10.4. The summed E-state index contributed by atoms with van der Waals surface area (Å²) in [4.78, 5) is 5.19. The van der Waals surface area contributed by atoms with Crippen LogP contribution in [0.15, 0.2) is 12.4 Å². The van der Waals surface area contributed by atoms with E-state index in [2.05, 4.69) is 38.6 Å². The molecule has 1 aromatic rings. The molecule has 1 heterocycles. The molecule has 2 nitrogen and oxygen atoms in total. The Labute approximate surface area is 100 Å². The smallest absolute Gasteiger partial charge is 0.108 e. The fourth-order valence-corrected chi connectivity index (χ4v) is 3.21. The highest BCUT2D eigenvalue weighted by Crippen LogP contribution is 2.33. The Hall–Kier alpha value is -0.310. The van der Waals surface area contributed by atoms with Crippen LogP contribution in [0.5, 0.6) is 0 Å². The number of halogens is 1. The van der Waals surface area contributed by atoms with Crippen molar-refractivity contribution >= 4 is 15.9 Å². The molecule has 2 rings (SSSR count). The van der Waals surface area contributed by atoms with Gasteiger partial charge in [-0.15, -0.1) is 0 Å². The molecule has 1 aliphatic carbocycles. The largest absolute Gasteiger partial charge is 0.335 e. The van der Waals surface area contributed by atoms with Crippen molar-refractivity contribution in [2.45, 2.75) is 50.4 Å². The van der Waals surface area contributed by atoms with E-state index < -0.39 is 0 Å². The van der Waals surface area contributed by atoms with Gasteiger partial charge in [0.25, 0.3) is 0 Å². The molecule has 84 valence electrons. The molecule has 1 aliphatic rings. The minimum atomic E-state index is 0.712. The Kier molecular flexibility index (Phi) is 3.84. The molecule has 0 N–H and O–H groups in total. The number of alkyl halides is 1. The average molecular weight is 271 g/mol. The van der Waals surface area contributed by atoms with E-state index in [9.17, 15) is 0 Å². The second-order valence-electron chi connectivity index (χ2n) is 4.45. The highest BCUT2D eigenvalue weighted by atomic mass is 79.9. The van der Waals surface area contributed by atoms with Crippen LogP contribution >= 0.6 is 15.9 Å². The lowest BCUT2D eigenvalue weighted by Gasteiger charge is -2.14. The summed E-state index contributed by atoms with van der Waals surface area (Å²) < 4.78 is 2.30. The number of aromatic nitrogens is 2. The van der Waals surface area contributed by atoms with Crippen molar-refractivity contribution in [1.82, 2.24) is 9.55 Å². The van der Waals surface area contributed by atoms with Crippen LogP contribution in [-0.4, -0.2) is 14.4 Å². The van der Waals surface area contributed by atoms with E-state index >= 15 is 0 Å². The molecule has 1 aromatic heterocycles. The second-order valence-corrected chi connectivity index (χ2v) is 5.62. The summed E-state index contributed by atoms with van der Waals surface area (Å²) in [6.45, 7) is 3.32. The molecular formula is C12H19BrN2. The number of hydrogen-bond donors (Lipinski definition) is 0. The zero-order valence-corrected chi connectivity index (χ0v) is 10.9. The standard InChI is InChI=1S/C12H19BrN2/c1-2-7-15-8-6-14-12(15)9-10-4-3-5-11(10)13/h6,8,10-11H,2-5,7,9H2,1H3. The maximum Gasteiger partial charge on any atom is 0.108 e. The molecule has 2 atom stereocenters. The summed E-state index contributed by atoms with van der Waals surface area (Å²) in [7, 11) is 0. The summed E-state index contributed by atoms with van der Waals surface area (Å²) in [5, 5.41) is 0. The second kappa shape index (κ2) is 5.15. The van der Waals surface area contributed by atoms with Crippen LogP contribution in [-0.2, 0) is 13.0 Å². The van der Waals surface area contributed by atoms with Gasteiger partial charge in [0.2, 0.25) is 0 Å². The van der Waals surface area contributed by atoms with Gasteiger partial charge in [-0.2, -0.15) is 0 Å². The summed E-state index contributed by atoms with van der Waals surface area (Å²) in [6, 6.07) is 0. The zero-order valence-electron chi connectivity index (χ0n) is 9.32. The first-order chi connectivity index (χ1) is 7.31. The molecule has 15 heavy (non-hydrogen) atoms. The molecule has 0 bridgehead atoms. The van der Waals surface area contributed by atoms with Crippen molar-refractivity contribution in [2.24, 2.45) is 5.92 Å². The fraction of sp³-hybridized carbons (Fsp3) is 0.750. The van der Waals surface area contributed by atoms with Crippen molar-refractivity contribution in [3.8, 4) is 0 Å². The Morgan fingerprint density at radius 2 is 2.40 bits per heavy atom. The third-order valence-electron chi connectivity index (χ3n) is 3.28. The highest BCUT2D eigenvalue weighted by molar-refractivity contribution is 9.09. The normalized spacial score (nSPS) is 26.0. The highest BCUT2D eigenvalue weighted by Gasteiger charge is 2.26. The topological polar surface area (TPSA) is 17.8 Å². The van der Waals surface area contributed by atoms with E-state index in [1.165, 1.54) is 31.5 Å². The maximum atomic E-state index is 4.47. The SMILES string of the molecule is CCCn1ccnc1CC1CCCC1Br. The Bertz CT molecular complexity index is 308. The third kappa shape index (κ3) is 2.63. The van der Waals surface area contributed by atoms with Crippen molar-refractivity contribution in [3.63, 3.8) is 0 Å². The molecule has 0 radical (unpaired) electrons. The number of hydrogen-bond acceptors (Lipinski definition) is 1. The van der Waals surface area contributed by atoms with Crippen LogP contribution in [0, 0.1) is 5.92 Å². The minimum Gasteiger partial charge on any atom is -0.335 e. The molecule has 0 amide bonds. The lowest BCUT2D eigenvalue weighted by Crippen LogP contribution is -2.14. The molecule has 3 heteroatoms. The van der Waals surface area contributed by atoms with Crippen LogP contribution in [0.2, 0.25) is 0 Å². The van der Waals surface area contributed by atoms with Gasteiger partial charge in [0.1, 0.15) is 5.82 Å².